The van der Waals surface area contributed by atoms with Crippen molar-refractivity contribution in [2.75, 3.05) is 0 Å². The van der Waals surface area contributed by atoms with E-state index in [-0.39, 0.29) is 17.9 Å². The minimum absolute atomic E-state index is 0.00679. The molecule has 0 radical (unpaired) electrons. The number of ether oxygens (including phenoxy) is 2. The van der Waals surface area contributed by atoms with Gasteiger partial charge in [0.25, 0.3) is 0 Å². The first-order valence-corrected chi connectivity index (χ1v) is 6.25. The van der Waals surface area contributed by atoms with Gasteiger partial charge >= 0.3 is 6.36 Å². The maximum atomic E-state index is 12.2. The van der Waals surface area contributed by atoms with E-state index < -0.39 is 6.36 Å². The van der Waals surface area contributed by atoms with Crippen molar-refractivity contribution in [2.24, 2.45) is 0 Å². The van der Waals surface area contributed by atoms with Gasteiger partial charge in [0.1, 0.15) is 17.6 Å². The van der Waals surface area contributed by atoms with Gasteiger partial charge in [0.2, 0.25) is 0 Å². The highest BCUT2D eigenvalue weighted by atomic mass is 19.4. The number of piperidine rings is 1. The summed E-state index contributed by atoms with van der Waals surface area (Å²) in [6.45, 7) is 2.09. The van der Waals surface area contributed by atoms with Crippen LogP contribution in [-0.2, 0) is 0 Å². The molecule has 19 heavy (non-hydrogen) atoms. The summed E-state index contributed by atoms with van der Waals surface area (Å²) >= 11 is 0. The van der Waals surface area contributed by atoms with Crippen LogP contribution in [0.4, 0.5) is 13.2 Å². The summed E-state index contributed by atoms with van der Waals surface area (Å²) in [5, 5.41) is 3.41. The topological polar surface area (TPSA) is 30.5 Å². The van der Waals surface area contributed by atoms with Gasteiger partial charge in [0.05, 0.1) is 6.04 Å². The third-order valence-electron chi connectivity index (χ3n) is 3.55. The van der Waals surface area contributed by atoms with Gasteiger partial charge < -0.3 is 14.8 Å². The van der Waals surface area contributed by atoms with Gasteiger partial charge in [0, 0.05) is 17.7 Å². The van der Waals surface area contributed by atoms with E-state index in [9.17, 15) is 13.2 Å². The zero-order chi connectivity index (χ0) is 13.6. The Kier molecular flexibility index (Phi) is 2.85. The van der Waals surface area contributed by atoms with Crippen LogP contribution in [0.1, 0.15) is 31.4 Å². The number of fused-ring (bicyclic) bond motifs is 3. The Bertz CT molecular complexity index is 489. The fourth-order valence-corrected chi connectivity index (χ4v) is 2.73. The summed E-state index contributed by atoms with van der Waals surface area (Å²) < 4.78 is 46.1. The van der Waals surface area contributed by atoms with Crippen LogP contribution in [0.15, 0.2) is 18.2 Å². The summed E-state index contributed by atoms with van der Waals surface area (Å²) in [5.41, 5.74) is 0.908. The monoisotopic (exact) mass is 273 g/mol. The van der Waals surface area contributed by atoms with E-state index in [1.807, 2.05) is 0 Å². The maximum absolute atomic E-state index is 12.2. The highest BCUT2D eigenvalue weighted by molar-refractivity contribution is 5.46. The molecule has 0 aliphatic carbocycles. The van der Waals surface area contributed by atoms with Crippen LogP contribution in [0, 0.1) is 0 Å². The van der Waals surface area contributed by atoms with Gasteiger partial charge in [-0.25, -0.2) is 0 Å². The van der Waals surface area contributed by atoms with Gasteiger partial charge in [-0.1, -0.05) is 0 Å². The molecule has 1 fully saturated rings. The minimum Gasteiger partial charge on any atom is -0.488 e. The maximum Gasteiger partial charge on any atom is 0.573 e. The van der Waals surface area contributed by atoms with Gasteiger partial charge in [0.15, 0.2) is 0 Å². The van der Waals surface area contributed by atoms with E-state index in [4.69, 9.17) is 4.74 Å². The molecule has 2 heterocycles. The number of hydrogen-bond acceptors (Lipinski definition) is 3. The Balaban J connectivity index is 1.84. The highest BCUT2D eigenvalue weighted by Gasteiger charge is 2.39. The molecule has 0 spiro atoms. The Morgan fingerprint density at radius 3 is 2.84 bits per heavy atom. The van der Waals surface area contributed by atoms with Crippen LogP contribution in [0.5, 0.6) is 11.5 Å². The average molecular weight is 273 g/mol. The molecule has 3 rings (SSSR count). The first-order chi connectivity index (χ1) is 8.92. The van der Waals surface area contributed by atoms with E-state index in [2.05, 4.69) is 17.0 Å². The molecule has 104 valence electrons. The zero-order valence-electron chi connectivity index (χ0n) is 10.3. The molecule has 1 aromatic rings. The van der Waals surface area contributed by atoms with Gasteiger partial charge in [-0.3, -0.25) is 0 Å². The number of benzene rings is 1. The fraction of sp³-hybridized carbons (Fsp3) is 0.538. The molecule has 0 saturated carbocycles. The number of alkyl halides is 3. The number of halogens is 3. The predicted molar refractivity (Wildman–Crippen MR) is 62.1 cm³/mol. The van der Waals surface area contributed by atoms with Crippen molar-refractivity contribution in [3.8, 4) is 11.5 Å². The Hall–Kier alpha value is -1.43. The molecule has 2 aliphatic rings. The Morgan fingerprint density at radius 2 is 2.11 bits per heavy atom. The van der Waals surface area contributed by atoms with E-state index >= 15 is 0 Å². The Morgan fingerprint density at radius 1 is 1.32 bits per heavy atom. The lowest BCUT2D eigenvalue weighted by Gasteiger charge is -2.30. The molecule has 6 heteroatoms. The summed E-state index contributed by atoms with van der Waals surface area (Å²) in [6.07, 6.45) is -2.76. The highest BCUT2D eigenvalue weighted by Crippen LogP contribution is 2.43. The van der Waals surface area contributed by atoms with Crippen LogP contribution in [0.3, 0.4) is 0 Å². The SMILES string of the molecule is C[C@@H]1CCC2Oc3cc(OC(F)(F)F)ccc3[C@@H]2N1. The summed E-state index contributed by atoms with van der Waals surface area (Å²) in [5.74, 6) is 0.247. The number of nitrogens with one attached hydrogen (secondary N) is 1. The van der Waals surface area contributed by atoms with Crippen molar-refractivity contribution in [3.63, 3.8) is 0 Å². The summed E-state index contributed by atoms with van der Waals surface area (Å²) in [6, 6.07) is 4.75. The second-order valence-corrected chi connectivity index (χ2v) is 5.03. The molecule has 1 saturated heterocycles. The molecular weight excluding hydrogens is 259 g/mol. The van der Waals surface area contributed by atoms with E-state index in [0.29, 0.717) is 11.8 Å². The molecule has 1 N–H and O–H groups in total. The Labute approximate surface area is 108 Å². The van der Waals surface area contributed by atoms with Gasteiger partial charge in [-0.2, -0.15) is 0 Å². The first-order valence-electron chi connectivity index (χ1n) is 6.25. The lowest BCUT2D eigenvalue weighted by molar-refractivity contribution is -0.274. The smallest absolute Gasteiger partial charge is 0.488 e. The number of hydrogen-bond donors (Lipinski definition) is 1. The molecule has 1 aromatic carbocycles. The summed E-state index contributed by atoms with van der Waals surface area (Å²) in [4.78, 5) is 0. The molecule has 2 aliphatic heterocycles. The fourth-order valence-electron chi connectivity index (χ4n) is 2.73. The second kappa shape index (κ2) is 4.30. The number of rotatable bonds is 1. The molecule has 3 nitrogen and oxygen atoms in total. The lowest BCUT2D eigenvalue weighted by Crippen LogP contribution is -2.42. The van der Waals surface area contributed by atoms with Crippen LogP contribution < -0.4 is 14.8 Å². The molecule has 0 aromatic heterocycles. The molecule has 0 amide bonds. The third kappa shape index (κ3) is 2.49. The van der Waals surface area contributed by atoms with Crippen molar-refractivity contribution < 1.29 is 22.6 Å². The second-order valence-electron chi connectivity index (χ2n) is 5.03. The van der Waals surface area contributed by atoms with Crippen LogP contribution in [0.25, 0.3) is 0 Å². The predicted octanol–water partition coefficient (Wildman–Crippen LogP) is 3.16. The quantitative estimate of drug-likeness (QED) is 0.852. The van der Waals surface area contributed by atoms with Crippen molar-refractivity contribution in [1.82, 2.24) is 5.32 Å². The summed E-state index contributed by atoms with van der Waals surface area (Å²) in [7, 11) is 0. The largest absolute Gasteiger partial charge is 0.573 e. The standard InChI is InChI=1S/C13H14F3NO2/c1-7-2-5-10-12(17-7)9-4-3-8(6-11(9)18-10)19-13(14,15)16/h3-4,6-7,10,12,17H,2,5H2,1H3/t7-,10?,12+/m1/s1. The normalized spacial score (nSPS) is 29.4. The van der Waals surface area contributed by atoms with E-state index in [1.165, 1.54) is 12.1 Å². The third-order valence-corrected chi connectivity index (χ3v) is 3.55. The average Bonchev–Trinajstić information content (AvgIpc) is 2.64. The van der Waals surface area contributed by atoms with Gasteiger partial charge in [-0.15, -0.1) is 13.2 Å². The minimum atomic E-state index is -4.67. The van der Waals surface area contributed by atoms with E-state index in [0.717, 1.165) is 18.4 Å². The van der Waals surface area contributed by atoms with Crippen molar-refractivity contribution >= 4 is 0 Å². The first kappa shape index (κ1) is 12.6. The molecule has 1 unspecified atom stereocenters. The van der Waals surface area contributed by atoms with Crippen molar-refractivity contribution in [3.05, 3.63) is 23.8 Å². The molecule has 3 atom stereocenters. The van der Waals surface area contributed by atoms with Crippen LogP contribution >= 0.6 is 0 Å². The van der Waals surface area contributed by atoms with Crippen LogP contribution in [0.2, 0.25) is 0 Å². The molecule has 0 bridgehead atoms. The zero-order valence-corrected chi connectivity index (χ0v) is 10.3. The van der Waals surface area contributed by atoms with Gasteiger partial charge in [-0.05, 0) is 31.9 Å². The van der Waals surface area contributed by atoms with Crippen molar-refractivity contribution in [1.29, 1.82) is 0 Å². The van der Waals surface area contributed by atoms with E-state index in [1.54, 1.807) is 6.07 Å². The van der Waals surface area contributed by atoms with Crippen LogP contribution in [-0.4, -0.2) is 18.5 Å². The lowest BCUT2D eigenvalue weighted by atomic mass is 9.93. The van der Waals surface area contributed by atoms with Crippen molar-refractivity contribution in [2.45, 2.75) is 44.3 Å². The molecular formula is C13H14F3NO2.